The van der Waals surface area contributed by atoms with Crippen LogP contribution >= 0.6 is 15.9 Å². The number of halogens is 1. The predicted molar refractivity (Wildman–Crippen MR) is 123 cm³/mol. The molecule has 0 spiro atoms. The van der Waals surface area contributed by atoms with Crippen molar-refractivity contribution in [3.63, 3.8) is 0 Å². The average molecular weight is 479 g/mol. The van der Waals surface area contributed by atoms with Gasteiger partial charge < -0.3 is 9.47 Å². The molecular formula is C24H19BrN2O4. The largest absolute Gasteiger partial charge is 0.493 e. The smallest absolute Gasteiger partial charge is 0.270 e. The minimum atomic E-state index is -0.488. The van der Waals surface area contributed by atoms with E-state index in [-0.39, 0.29) is 5.69 Å². The van der Waals surface area contributed by atoms with Crippen molar-refractivity contribution in [3.8, 4) is 17.6 Å². The second-order valence-corrected chi connectivity index (χ2v) is 7.64. The van der Waals surface area contributed by atoms with Crippen LogP contribution in [0, 0.1) is 28.4 Å². The number of methoxy groups -OCH3 is 1. The Morgan fingerprint density at radius 3 is 2.58 bits per heavy atom. The Hall–Kier alpha value is -3.63. The highest BCUT2D eigenvalue weighted by atomic mass is 79.9. The predicted octanol–water partition coefficient (Wildman–Crippen LogP) is 6.32. The van der Waals surface area contributed by atoms with Gasteiger partial charge in [0.15, 0.2) is 11.5 Å². The number of nitro groups is 1. The summed E-state index contributed by atoms with van der Waals surface area (Å²) in [5, 5.41) is 20.6. The standard InChI is InChI=1S/C24H19BrN2O4/c1-16-6-8-17(9-7-16)15-31-24-22(25)11-18(12-23(24)30-2)10-20(14-26)19-4-3-5-21(13-19)27(28)29/h3-13H,15H2,1-2H3. The van der Waals surface area contributed by atoms with Gasteiger partial charge in [0, 0.05) is 12.1 Å². The number of nitro benzene ring substituents is 1. The average Bonchev–Trinajstić information content (AvgIpc) is 2.77. The maximum Gasteiger partial charge on any atom is 0.270 e. The Balaban J connectivity index is 1.90. The normalized spacial score (nSPS) is 11.0. The number of non-ortho nitro benzene ring substituents is 1. The lowest BCUT2D eigenvalue weighted by atomic mass is 10.0. The molecule has 7 heteroatoms. The van der Waals surface area contributed by atoms with Crippen molar-refractivity contribution in [2.24, 2.45) is 0 Å². The third kappa shape index (κ3) is 5.50. The molecule has 0 unspecified atom stereocenters. The van der Waals surface area contributed by atoms with E-state index in [9.17, 15) is 15.4 Å². The van der Waals surface area contributed by atoms with Gasteiger partial charge in [0.05, 0.1) is 28.1 Å². The fraction of sp³-hybridized carbons (Fsp3) is 0.125. The molecule has 0 radical (unpaired) electrons. The number of aryl methyl sites for hydroxylation is 1. The molecule has 0 aliphatic heterocycles. The highest BCUT2D eigenvalue weighted by molar-refractivity contribution is 9.10. The SMILES string of the molecule is COc1cc(C=C(C#N)c2cccc([N+](=O)[O-])c2)cc(Br)c1OCc1ccc(C)cc1. The fourth-order valence-corrected chi connectivity index (χ4v) is 3.51. The molecule has 156 valence electrons. The van der Waals surface area contributed by atoms with Crippen molar-refractivity contribution in [2.45, 2.75) is 13.5 Å². The van der Waals surface area contributed by atoms with Crippen LogP contribution in [0.5, 0.6) is 11.5 Å². The number of rotatable bonds is 7. The highest BCUT2D eigenvalue weighted by Gasteiger charge is 2.13. The summed E-state index contributed by atoms with van der Waals surface area (Å²) in [6, 6.07) is 19.7. The molecule has 0 saturated carbocycles. The summed E-state index contributed by atoms with van der Waals surface area (Å²) < 4.78 is 12.1. The van der Waals surface area contributed by atoms with Crippen molar-refractivity contribution in [3.05, 3.63) is 97.5 Å². The fourth-order valence-electron chi connectivity index (χ4n) is 2.94. The minimum Gasteiger partial charge on any atom is -0.493 e. The van der Waals surface area contributed by atoms with Crippen LogP contribution in [-0.4, -0.2) is 12.0 Å². The van der Waals surface area contributed by atoms with E-state index in [1.165, 1.54) is 17.7 Å². The van der Waals surface area contributed by atoms with E-state index in [2.05, 4.69) is 22.0 Å². The Morgan fingerprint density at radius 1 is 1.19 bits per heavy atom. The zero-order valence-electron chi connectivity index (χ0n) is 17.0. The Kier molecular flexibility index (Phi) is 7.06. The van der Waals surface area contributed by atoms with Gasteiger partial charge in [0.1, 0.15) is 6.61 Å². The molecule has 0 aromatic heterocycles. The number of nitrogens with zero attached hydrogens (tertiary/aromatic N) is 2. The first-order valence-corrected chi connectivity index (χ1v) is 10.1. The molecule has 0 heterocycles. The summed E-state index contributed by atoms with van der Waals surface area (Å²) in [5.74, 6) is 1.05. The molecule has 0 N–H and O–H groups in total. The lowest BCUT2D eigenvalue weighted by Gasteiger charge is -2.14. The van der Waals surface area contributed by atoms with Gasteiger partial charge in [0.25, 0.3) is 5.69 Å². The summed E-state index contributed by atoms with van der Waals surface area (Å²) in [7, 11) is 1.54. The first-order chi connectivity index (χ1) is 14.9. The molecule has 0 aliphatic rings. The number of benzene rings is 3. The molecule has 3 aromatic rings. The first kappa shape index (κ1) is 22.1. The molecule has 6 nitrogen and oxygen atoms in total. The molecule has 0 saturated heterocycles. The van der Waals surface area contributed by atoms with Crippen LogP contribution < -0.4 is 9.47 Å². The maximum atomic E-state index is 11.0. The number of ether oxygens (including phenoxy) is 2. The number of nitriles is 1. The molecule has 0 amide bonds. The third-order valence-corrected chi connectivity index (χ3v) is 5.14. The van der Waals surface area contributed by atoms with Crippen LogP contribution in [0.15, 0.2) is 65.1 Å². The molecule has 0 aliphatic carbocycles. The van der Waals surface area contributed by atoms with Gasteiger partial charge in [-0.15, -0.1) is 0 Å². The molecule has 3 aromatic carbocycles. The van der Waals surface area contributed by atoms with E-state index in [4.69, 9.17) is 9.47 Å². The van der Waals surface area contributed by atoms with Crippen LogP contribution in [0.2, 0.25) is 0 Å². The van der Waals surface area contributed by atoms with Gasteiger partial charge in [-0.25, -0.2) is 0 Å². The van der Waals surface area contributed by atoms with Crippen LogP contribution in [-0.2, 0) is 6.61 Å². The number of hydrogen-bond acceptors (Lipinski definition) is 5. The summed E-state index contributed by atoms with van der Waals surface area (Å²) in [6.07, 6.45) is 1.65. The van der Waals surface area contributed by atoms with Crippen molar-refractivity contribution in [1.29, 1.82) is 5.26 Å². The van der Waals surface area contributed by atoms with E-state index in [0.717, 1.165) is 5.56 Å². The summed E-state index contributed by atoms with van der Waals surface area (Å²) >= 11 is 3.52. The number of allylic oxidation sites excluding steroid dienone is 1. The zero-order chi connectivity index (χ0) is 22.4. The van der Waals surface area contributed by atoms with Crippen molar-refractivity contribution in [1.82, 2.24) is 0 Å². The Bertz CT molecular complexity index is 1180. The van der Waals surface area contributed by atoms with E-state index in [1.54, 1.807) is 31.4 Å². The highest BCUT2D eigenvalue weighted by Crippen LogP contribution is 2.38. The van der Waals surface area contributed by atoms with Gasteiger partial charge in [-0.3, -0.25) is 10.1 Å². The van der Waals surface area contributed by atoms with Crippen molar-refractivity contribution in [2.75, 3.05) is 7.11 Å². The lowest BCUT2D eigenvalue weighted by Crippen LogP contribution is -1.99. The lowest BCUT2D eigenvalue weighted by molar-refractivity contribution is -0.384. The van der Waals surface area contributed by atoms with Gasteiger partial charge >= 0.3 is 0 Å². The summed E-state index contributed by atoms with van der Waals surface area (Å²) in [6.45, 7) is 2.40. The van der Waals surface area contributed by atoms with Crippen LogP contribution in [0.4, 0.5) is 5.69 Å². The molecular weight excluding hydrogens is 460 g/mol. The first-order valence-electron chi connectivity index (χ1n) is 9.33. The molecule has 0 fully saturated rings. The van der Waals surface area contributed by atoms with Crippen LogP contribution in [0.25, 0.3) is 11.6 Å². The zero-order valence-corrected chi connectivity index (χ0v) is 18.5. The van der Waals surface area contributed by atoms with E-state index < -0.39 is 4.92 Å². The quantitative estimate of drug-likeness (QED) is 0.171. The monoisotopic (exact) mass is 478 g/mol. The Morgan fingerprint density at radius 2 is 1.94 bits per heavy atom. The van der Waals surface area contributed by atoms with E-state index >= 15 is 0 Å². The van der Waals surface area contributed by atoms with Crippen LogP contribution in [0.1, 0.15) is 22.3 Å². The molecule has 0 bridgehead atoms. The summed E-state index contributed by atoms with van der Waals surface area (Å²) in [4.78, 5) is 10.5. The summed E-state index contributed by atoms with van der Waals surface area (Å²) in [5.41, 5.74) is 3.58. The third-order valence-electron chi connectivity index (χ3n) is 4.55. The van der Waals surface area contributed by atoms with Crippen LogP contribution in [0.3, 0.4) is 0 Å². The minimum absolute atomic E-state index is 0.0720. The van der Waals surface area contributed by atoms with Gasteiger partial charge in [-0.05, 0) is 57.8 Å². The van der Waals surface area contributed by atoms with Crippen molar-refractivity contribution < 1.29 is 14.4 Å². The second kappa shape index (κ2) is 9.92. The van der Waals surface area contributed by atoms with Gasteiger partial charge in [0.2, 0.25) is 0 Å². The topological polar surface area (TPSA) is 85.4 Å². The Labute approximate surface area is 188 Å². The second-order valence-electron chi connectivity index (χ2n) is 6.79. The van der Waals surface area contributed by atoms with Gasteiger partial charge in [-0.1, -0.05) is 42.0 Å². The van der Waals surface area contributed by atoms with E-state index in [1.807, 2.05) is 37.3 Å². The molecule has 3 rings (SSSR count). The number of hydrogen-bond donors (Lipinski definition) is 0. The maximum absolute atomic E-state index is 11.0. The van der Waals surface area contributed by atoms with Gasteiger partial charge in [-0.2, -0.15) is 5.26 Å². The van der Waals surface area contributed by atoms with E-state index in [0.29, 0.717) is 39.3 Å². The van der Waals surface area contributed by atoms with Crippen molar-refractivity contribution >= 4 is 33.3 Å². The molecule has 0 atom stereocenters. The molecule has 31 heavy (non-hydrogen) atoms.